The molecular formula is C25H17F3N4. The van der Waals surface area contributed by atoms with Gasteiger partial charge in [-0.05, 0) is 40.6 Å². The normalized spacial score (nSPS) is 15.5. The summed E-state index contributed by atoms with van der Waals surface area (Å²) in [4.78, 5) is 9.45. The highest BCUT2D eigenvalue weighted by Gasteiger charge is 2.37. The van der Waals surface area contributed by atoms with E-state index in [0.29, 0.717) is 11.0 Å². The Kier molecular flexibility index (Phi) is 3.65. The van der Waals surface area contributed by atoms with Gasteiger partial charge >= 0.3 is 6.18 Å². The molecule has 6 rings (SSSR count). The van der Waals surface area contributed by atoms with Gasteiger partial charge in [-0.1, -0.05) is 44.2 Å². The lowest BCUT2D eigenvalue weighted by Gasteiger charge is -2.23. The number of alkyl halides is 3. The molecule has 0 saturated carbocycles. The molecule has 5 aromatic rings. The van der Waals surface area contributed by atoms with Crippen molar-refractivity contribution in [3.05, 3.63) is 83.7 Å². The summed E-state index contributed by atoms with van der Waals surface area (Å²) < 4.78 is 40.8. The summed E-state index contributed by atoms with van der Waals surface area (Å²) in [5.41, 5.74) is 3.39. The van der Waals surface area contributed by atoms with E-state index < -0.39 is 11.7 Å². The minimum Gasteiger partial charge on any atom is -0.251 e. The molecule has 0 aliphatic carbocycles. The highest BCUT2D eigenvalue weighted by atomic mass is 19.4. The van der Waals surface area contributed by atoms with E-state index >= 15 is 0 Å². The van der Waals surface area contributed by atoms with E-state index in [1.165, 1.54) is 6.07 Å². The SMILES string of the molecule is CC1(C)C(c2cnc3c4ccc(C(F)(F)F)cc4nn3c2)=Nc2ccc3ccccc3c21. The molecule has 1 aliphatic rings. The van der Waals surface area contributed by atoms with Crippen LogP contribution in [0.25, 0.3) is 27.3 Å². The molecule has 0 fully saturated rings. The smallest absolute Gasteiger partial charge is 0.251 e. The predicted octanol–water partition coefficient (Wildman–Crippen LogP) is 6.47. The van der Waals surface area contributed by atoms with Gasteiger partial charge in [0.1, 0.15) is 0 Å². The van der Waals surface area contributed by atoms with E-state index in [9.17, 15) is 13.2 Å². The summed E-state index contributed by atoms with van der Waals surface area (Å²) in [5.74, 6) is 0. The predicted molar refractivity (Wildman–Crippen MR) is 119 cm³/mol. The quantitative estimate of drug-likeness (QED) is 0.306. The molecule has 2 aromatic heterocycles. The van der Waals surface area contributed by atoms with Crippen LogP contribution in [0.4, 0.5) is 18.9 Å². The molecule has 0 saturated heterocycles. The number of fused-ring (bicyclic) bond motifs is 6. The molecule has 3 heterocycles. The average molecular weight is 430 g/mol. The Balaban J connectivity index is 1.50. The van der Waals surface area contributed by atoms with Crippen LogP contribution < -0.4 is 0 Å². The number of halogens is 3. The van der Waals surface area contributed by atoms with Gasteiger partial charge in [-0.25, -0.2) is 9.50 Å². The maximum atomic E-state index is 13.1. The van der Waals surface area contributed by atoms with Gasteiger partial charge in [0.2, 0.25) is 0 Å². The van der Waals surface area contributed by atoms with Gasteiger partial charge in [0, 0.05) is 28.8 Å². The Hall–Kier alpha value is -3.74. The third-order valence-electron chi connectivity index (χ3n) is 6.22. The van der Waals surface area contributed by atoms with E-state index in [4.69, 9.17) is 4.99 Å². The number of rotatable bonds is 1. The monoisotopic (exact) mass is 430 g/mol. The Morgan fingerprint density at radius 2 is 1.75 bits per heavy atom. The van der Waals surface area contributed by atoms with Crippen LogP contribution in [-0.4, -0.2) is 20.3 Å². The Bertz CT molecular complexity index is 1590. The zero-order chi connectivity index (χ0) is 22.3. The number of hydrogen-bond donors (Lipinski definition) is 0. The van der Waals surface area contributed by atoms with Crippen molar-refractivity contribution in [2.75, 3.05) is 0 Å². The summed E-state index contributed by atoms with van der Waals surface area (Å²) in [6.45, 7) is 4.26. The van der Waals surface area contributed by atoms with Gasteiger partial charge in [-0.3, -0.25) is 4.99 Å². The van der Waals surface area contributed by atoms with Crippen LogP contribution in [0.15, 0.2) is 72.0 Å². The summed E-state index contributed by atoms with van der Waals surface area (Å²) in [6, 6.07) is 15.9. The van der Waals surface area contributed by atoms with Crippen LogP contribution >= 0.6 is 0 Å². The highest BCUT2D eigenvalue weighted by molar-refractivity contribution is 6.15. The lowest BCUT2D eigenvalue weighted by atomic mass is 9.77. The molecule has 32 heavy (non-hydrogen) atoms. The third-order valence-corrected chi connectivity index (χ3v) is 6.22. The zero-order valence-electron chi connectivity index (χ0n) is 17.3. The molecule has 1 aliphatic heterocycles. The first-order chi connectivity index (χ1) is 15.2. The van der Waals surface area contributed by atoms with Crippen molar-refractivity contribution in [3.63, 3.8) is 0 Å². The van der Waals surface area contributed by atoms with Gasteiger partial charge in [-0.15, -0.1) is 0 Å². The highest BCUT2D eigenvalue weighted by Crippen LogP contribution is 2.45. The van der Waals surface area contributed by atoms with Crippen molar-refractivity contribution in [2.24, 2.45) is 4.99 Å². The summed E-state index contributed by atoms with van der Waals surface area (Å²) >= 11 is 0. The second-order valence-electron chi connectivity index (χ2n) is 8.61. The lowest BCUT2D eigenvalue weighted by molar-refractivity contribution is -0.137. The van der Waals surface area contributed by atoms with Crippen LogP contribution in [0.2, 0.25) is 0 Å². The maximum Gasteiger partial charge on any atom is 0.416 e. The van der Waals surface area contributed by atoms with Gasteiger partial charge in [0.25, 0.3) is 0 Å². The molecule has 7 heteroatoms. The molecule has 0 radical (unpaired) electrons. The minimum absolute atomic E-state index is 0.256. The molecule has 4 nitrogen and oxygen atoms in total. The van der Waals surface area contributed by atoms with Crippen molar-refractivity contribution in [1.82, 2.24) is 14.6 Å². The second kappa shape index (κ2) is 6.16. The van der Waals surface area contributed by atoms with Crippen molar-refractivity contribution in [1.29, 1.82) is 0 Å². The number of aromatic nitrogens is 3. The first-order valence-corrected chi connectivity index (χ1v) is 10.2. The largest absolute Gasteiger partial charge is 0.416 e. The van der Waals surface area contributed by atoms with Crippen LogP contribution in [-0.2, 0) is 11.6 Å². The Labute approximate surface area is 181 Å². The molecular weight excluding hydrogens is 413 g/mol. The van der Waals surface area contributed by atoms with E-state index in [1.54, 1.807) is 16.9 Å². The van der Waals surface area contributed by atoms with E-state index in [0.717, 1.165) is 45.4 Å². The van der Waals surface area contributed by atoms with Crippen molar-refractivity contribution < 1.29 is 13.2 Å². The van der Waals surface area contributed by atoms with E-state index in [-0.39, 0.29) is 10.9 Å². The fraction of sp³-hybridized carbons (Fsp3) is 0.160. The van der Waals surface area contributed by atoms with Crippen LogP contribution in [0.5, 0.6) is 0 Å². The Morgan fingerprint density at radius 3 is 2.56 bits per heavy atom. The van der Waals surface area contributed by atoms with Gasteiger partial charge in [-0.2, -0.15) is 18.3 Å². The molecule has 3 aromatic carbocycles. The van der Waals surface area contributed by atoms with Crippen LogP contribution in [0.1, 0.15) is 30.5 Å². The first kappa shape index (κ1) is 19.0. The Morgan fingerprint density at radius 1 is 0.938 bits per heavy atom. The van der Waals surface area contributed by atoms with Crippen molar-refractivity contribution >= 4 is 38.7 Å². The molecule has 158 valence electrons. The van der Waals surface area contributed by atoms with Crippen LogP contribution in [0.3, 0.4) is 0 Å². The number of nitrogens with zero attached hydrogens (tertiary/aromatic N) is 4. The van der Waals surface area contributed by atoms with Crippen molar-refractivity contribution in [2.45, 2.75) is 25.4 Å². The first-order valence-electron chi connectivity index (χ1n) is 10.2. The van der Waals surface area contributed by atoms with Crippen molar-refractivity contribution in [3.8, 4) is 0 Å². The van der Waals surface area contributed by atoms with Gasteiger partial charge in [0.05, 0.1) is 22.5 Å². The number of benzene rings is 3. The number of hydrogen-bond acceptors (Lipinski definition) is 3. The van der Waals surface area contributed by atoms with Crippen LogP contribution in [0, 0.1) is 0 Å². The third kappa shape index (κ3) is 2.60. The molecule has 0 spiro atoms. The maximum absolute atomic E-state index is 13.1. The summed E-state index contributed by atoms with van der Waals surface area (Å²) in [7, 11) is 0. The molecule has 0 bridgehead atoms. The standard InChI is InChI=1S/C25H17F3N4/c1-24(2)21-17-6-4-3-5-14(17)7-10-19(21)30-22(24)15-12-29-23-18-9-8-16(25(26,27)28)11-20(18)31-32(23)13-15/h3-13H,1-2H3. The molecule has 0 atom stereocenters. The average Bonchev–Trinajstić information content (AvgIpc) is 3.26. The minimum atomic E-state index is -4.42. The van der Waals surface area contributed by atoms with E-state index in [2.05, 4.69) is 42.1 Å². The lowest BCUT2D eigenvalue weighted by Crippen LogP contribution is -2.27. The fourth-order valence-electron chi connectivity index (χ4n) is 4.72. The van der Waals surface area contributed by atoms with Gasteiger partial charge < -0.3 is 0 Å². The molecule has 0 N–H and O–H groups in total. The summed E-state index contributed by atoms with van der Waals surface area (Å²) in [5, 5.41) is 7.26. The summed E-state index contributed by atoms with van der Waals surface area (Å²) in [6.07, 6.45) is -0.896. The van der Waals surface area contributed by atoms with E-state index in [1.807, 2.05) is 18.2 Å². The second-order valence-corrected chi connectivity index (χ2v) is 8.61. The fourth-order valence-corrected chi connectivity index (χ4v) is 4.72. The topological polar surface area (TPSA) is 42.5 Å². The zero-order valence-corrected chi connectivity index (χ0v) is 17.3. The van der Waals surface area contributed by atoms with Gasteiger partial charge in [0.15, 0.2) is 5.65 Å². The molecule has 0 unspecified atom stereocenters. The number of aliphatic imine (C=N–C) groups is 1. The molecule has 0 amide bonds.